The molecule has 0 amide bonds. The minimum Gasteiger partial charge on any atom is -0.389 e. The van der Waals surface area contributed by atoms with E-state index in [1.807, 2.05) is 17.8 Å². The molecule has 0 bridgehead atoms. The zero-order chi connectivity index (χ0) is 13.9. The van der Waals surface area contributed by atoms with Crippen molar-refractivity contribution in [1.29, 1.82) is 0 Å². The Labute approximate surface area is 129 Å². The summed E-state index contributed by atoms with van der Waals surface area (Å²) in [6.07, 6.45) is 1.25. The van der Waals surface area contributed by atoms with E-state index < -0.39 is 0 Å². The Balaban J connectivity index is 2.12. The first-order valence-corrected chi connectivity index (χ1v) is 8.48. The summed E-state index contributed by atoms with van der Waals surface area (Å²) in [6, 6.07) is 12.7. The van der Waals surface area contributed by atoms with Gasteiger partial charge in [-0.3, -0.25) is 0 Å². The Morgan fingerprint density at radius 2 is 1.85 bits per heavy atom. The average Bonchev–Trinajstić information content (AvgIpc) is 2.75. The fourth-order valence-electron chi connectivity index (χ4n) is 2.76. The van der Waals surface area contributed by atoms with Crippen molar-refractivity contribution in [2.45, 2.75) is 6.42 Å². The second-order valence-electron chi connectivity index (χ2n) is 5.00. The summed E-state index contributed by atoms with van der Waals surface area (Å²) in [5.41, 5.74) is 8.13. The minimum absolute atomic E-state index is 0.471. The van der Waals surface area contributed by atoms with E-state index in [0.717, 1.165) is 24.0 Å². The maximum Gasteiger partial charge on any atom is 0.104 e. The number of benzene rings is 2. The normalized spacial score (nSPS) is 16.1. The van der Waals surface area contributed by atoms with Gasteiger partial charge in [-0.1, -0.05) is 36.5 Å². The number of nitrogens with two attached hydrogens (primary N) is 1. The molecule has 20 heavy (non-hydrogen) atoms. The SMILES string of the molecule is NC(=S)c1ccc(N2CCCSCC2)c2ccccc12. The molecular formula is C16H18N2S2. The molecular weight excluding hydrogens is 284 g/mol. The van der Waals surface area contributed by atoms with Gasteiger partial charge in [0.1, 0.15) is 4.99 Å². The number of anilines is 1. The summed E-state index contributed by atoms with van der Waals surface area (Å²) in [7, 11) is 0. The van der Waals surface area contributed by atoms with Gasteiger partial charge in [0.15, 0.2) is 0 Å². The first-order valence-electron chi connectivity index (χ1n) is 6.91. The van der Waals surface area contributed by atoms with Crippen molar-refractivity contribution in [2.75, 3.05) is 29.5 Å². The lowest BCUT2D eigenvalue weighted by Crippen LogP contribution is -2.25. The van der Waals surface area contributed by atoms with Gasteiger partial charge >= 0.3 is 0 Å². The zero-order valence-corrected chi connectivity index (χ0v) is 13.0. The lowest BCUT2D eigenvalue weighted by molar-refractivity contribution is 0.819. The van der Waals surface area contributed by atoms with Crippen molar-refractivity contribution < 1.29 is 0 Å². The third kappa shape index (κ3) is 2.63. The van der Waals surface area contributed by atoms with E-state index in [-0.39, 0.29) is 0 Å². The summed E-state index contributed by atoms with van der Waals surface area (Å²) in [6.45, 7) is 2.24. The van der Waals surface area contributed by atoms with Gasteiger partial charge in [0.25, 0.3) is 0 Å². The van der Waals surface area contributed by atoms with Crippen LogP contribution in [0.5, 0.6) is 0 Å². The minimum atomic E-state index is 0.471. The Hall–Kier alpha value is -1.26. The van der Waals surface area contributed by atoms with Gasteiger partial charge in [0.2, 0.25) is 0 Å². The molecule has 0 saturated carbocycles. The summed E-state index contributed by atoms with van der Waals surface area (Å²) in [5, 5.41) is 2.42. The number of hydrogen-bond donors (Lipinski definition) is 1. The Morgan fingerprint density at radius 1 is 1.05 bits per heavy atom. The summed E-state index contributed by atoms with van der Waals surface area (Å²) in [5.74, 6) is 2.46. The van der Waals surface area contributed by atoms with E-state index >= 15 is 0 Å². The molecule has 0 unspecified atom stereocenters. The predicted octanol–water partition coefficient (Wildman–Crippen LogP) is 3.42. The van der Waals surface area contributed by atoms with Crippen molar-refractivity contribution in [1.82, 2.24) is 0 Å². The molecule has 1 saturated heterocycles. The van der Waals surface area contributed by atoms with Crippen LogP contribution in [0.4, 0.5) is 5.69 Å². The van der Waals surface area contributed by atoms with Crippen molar-refractivity contribution in [2.24, 2.45) is 5.73 Å². The average molecular weight is 302 g/mol. The number of rotatable bonds is 2. The molecule has 0 spiro atoms. The van der Waals surface area contributed by atoms with E-state index in [4.69, 9.17) is 18.0 Å². The van der Waals surface area contributed by atoms with Crippen molar-refractivity contribution >= 4 is 45.4 Å². The fraction of sp³-hybridized carbons (Fsp3) is 0.312. The number of thiocarbonyl (C=S) groups is 1. The second-order valence-corrected chi connectivity index (χ2v) is 6.66. The van der Waals surface area contributed by atoms with Crippen molar-refractivity contribution in [3.05, 3.63) is 42.0 Å². The number of nitrogens with zero attached hydrogens (tertiary/aromatic N) is 1. The van der Waals surface area contributed by atoms with Gasteiger partial charge < -0.3 is 10.6 Å². The van der Waals surface area contributed by atoms with E-state index in [1.165, 1.54) is 29.0 Å². The van der Waals surface area contributed by atoms with Crippen LogP contribution in [0.1, 0.15) is 12.0 Å². The lowest BCUT2D eigenvalue weighted by Gasteiger charge is -2.24. The molecule has 0 atom stereocenters. The number of fused-ring (bicyclic) bond motifs is 1. The van der Waals surface area contributed by atoms with E-state index in [2.05, 4.69) is 35.2 Å². The smallest absolute Gasteiger partial charge is 0.104 e. The van der Waals surface area contributed by atoms with Crippen molar-refractivity contribution in [3.63, 3.8) is 0 Å². The van der Waals surface area contributed by atoms with Crippen LogP contribution >= 0.6 is 24.0 Å². The molecule has 1 fully saturated rings. The molecule has 2 N–H and O–H groups in total. The quantitative estimate of drug-likeness (QED) is 0.861. The van der Waals surface area contributed by atoms with Crippen LogP contribution in [0.25, 0.3) is 10.8 Å². The van der Waals surface area contributed by atoms with Crippen LogP contribution in [0.3, 0.4) is 0 Å². The molecule has 1 aliphatic heterocycles. The second kappa shape index (κ2) is 6.02. The number of hydrogen-bond acceptors (Lipinski definition) is 3. The highest BCUT2D eigenvalue weighted by atomic mass is 32.2. The monoisotopic (exact) mass is 302 g/mol. The summed E-state index contributed by atoms with van der Waals surface area (Å²) in [4.78, 5) is 2.96. The lowest BCUT2D eigenvalue weighted by atomic mass is 10.0. The number of thioether (sulfide) groups is 1. The molecule has 0 aliphatic carbocycles. The van der Waals surface area contributed by atoms with Crippen LogP contribution in [0.2, 0.25) is 0 Å². The van der Waals surface area contributed by atoms with Gasteiger partial charge in [0, 0.05) is 35.5 Å². The van der Waals surface area contributed by atoms with Crippen LogP contribution in [-0.4, -0.2) is 29.6 Å². The first-order chi connectivity index (χ1) is 9.77. The van der Waals surface area contributed by atoms with Gasteiger partial charge in [-0.15, -0.1) is 0 Å². The topological polar surface area (TPSA) is 29.3 Å². The summed E-state index contributed by atoms with van der Waals surface area (Å²) >= 11 is 7.22. The van der Waals surface area contributed by atoms with Gasteiger partial charge in [-0.2, -0.15) is 11.8 Å². The van der Waals surface area contributed by atoms with Crippen LogP contribution in [0, 0.1) is 0 Å². The Bertz CT molecular complexity index is 631. The van der Waals surface area contributed by atoms with Crippen molar-refractivity contribution in [3.8, 4) is 0 Å². The van der Waals surface area contributed by atoms with Gasteiger partial charge in [-0.05, 0) is 29.7 Å². The van der Waals surface area contributed by atoms with E-state index in [9.17, 15) is 0 Å². The van der Waals surface area contributed by atoms with Crippen LogP contribution in [-0.2, 0) is 0 Å². The highest BCUT2D eigenvalue weighted by Gasteiger charge is 2.14. The van der Waals surface area contributed by atoms with E-state index in [1.54, 1.807) is 0 Å². The molecule has 4 heteroatoms. The molecule has 2 aromatic carbocycles. The Morgan fingerprint density at radius 3 is 2.65 bits per heavy atom. The summed E-state index contributed by atoms with van der Waals surface area (Å²) < 4.78 is 0. The standard InChI is InChI=1S/C16H18N2S2/c17-16(19)14-6-7-15(13-5-2-1-4-12(13)14)18-8-3-10-20-11-9-18/h1-2,4-7H,3,8-11H2,(H2,17,19). The zero-order valence-electron chi connectivity index (χ0n) is 11.3. The first kappa shape index (κ1) is 13.7. The molecule has 1 heterocycles. The highest BCUT2D eigenvalue weighted by molar-refractivity contribution is 7.99. The molecule has 0 aromatic heterocycles. The molecule has 104 valence electrons. The molecule has 2 aromatic rings. The third-order valence-corrected chi connectivity index (χ3v) is 5.00. The predicted molar refractivity (Wildman–Crippen MR) is 94.0 cm³/mol. The highest BCUT2D eigenvalue weighted by Crippen LogP contribution is 2.30. The largest absolute Gasteiger partial charge is 0.389 e. The van der Waals surface area contributed by atoms with E-state index in [0.29, 0.717) is 4.99 Å². The third-order valence-electron chi connectivity index (χ3n) is 3.73. The van der Waals surface area contributed by atoms with Gasteiger partial charge in [-0.25, -0.2) is 0 Å². The molecule has 2 nitrogen and oxygen atoms in total. The maximum absolute atomic E-state index is 5.85. The molecule has 3 rings (SSSR count). The fourth-order valence-corrected chi connectivity index (χ4v) is 3.83. The maximum atomic E-state index is 5.85. The van der Waals surface area contributed by atoms with Gasteiger partial charge in [0.05, 0.1) is 0 Å². The van der Waals surface area contributed by atoms with Crippen LogP contribution < -0.4 is 10.6 Å². The molecule has 1 aliphatic rings. The molecule has 0 radical (unpaired) electrons. The Kier molecular flexibility index (Phi) is 4.13. The van der Waals surface area contributed by atoms with Crippen LogP contribution in [0.15, 0.2) is 36.4 Å².